The average molecular weight is 339 g/mol. The second kappa shape index (κ2) is 7.60. The maximum atomic E-state index is 12.6. The Labute approximate surface area is 123 Å². The molecule has 0 saturated heterocycles. The zero-order valence-corrected chi connectivity index (χ0v) is 12.6. The van der Waals surface area contributed by atoms with Gasteiger partial charge in [0.1, 0.15) is 0 Å². The highest BCUT2D eigenvalue weighted by Crippen LogP contribution is 2.38. The summed E-state index contributed by atoms with van der Waals surface area (Å²) in [5, 5.41) is 0. The van der Waals surface area contributed by atoms with Crippen LogP contribution in [0.4, 0.5) is 26.3 Å². The van der Waals surface area contributed by atoms with E-state index >= 15 is 0 Å². The quantitative estimate of drug-likeness (QED) is 0.671. The lowest BCUT2D eigenvalue weighted by Crippen LogP contribution is -2.39. The highest BCUT2D eigenvalue weighted by Gasteiger charge is 2.41. The van der Waals surface area contributed by atoms with E-state index in [1.54, 1.807) is 0 Å². The summed E-state index contributed by atoms with van der Waals surface area (Å²) in [6, 6.07) is 0. The molecule has 0 aliphatic heterocycles. The van der Waals surface area contributed by atoms with E-state index in [-0.39, 0.29) is 19.3 Å². The lowest BCUT2D eigenvalue weighted by molar-refractivity contribution is -0.177. The van der Waals surface area contributed by atoms with Crippen molar-refractivity contribution in [3.05, 3.63) is 0 Å². The minimum atomic E-state index is -4.38. The molecule has 1 amide bonds. The standard InChI is InChI=1S/C12H19F6NOS/c1-3-8(12(16,17)18)4-5-10(2,9(19)20)21-7-6-11(13,14)15/h8H,3-7H2,1-2H3,(H2,19,20). The molecular weight excluding hydrogens is 320 g/mol. The molecule has 0 saturated carbocycles. The SMILES string of the molecule is CCC(CCC(C)(SCCC(F)(F)F)C(N)=O)C(F)(F)F. The van der Waals surface area contributed by atoms with E-state index in [4.69, 9.17) is 5.73 Å². The van der Waals surface area contributed by atoms with Crippen molar-refractivity contribution in [1.29, 1.82) is 0 Å². The molecule has 0 spiro atoms. The van der Waals surface area contributed by atoms with Gasteiger partial charge in [-0.1, -0.05) is 6.92 Å². The number of carbonyl (C=O) groups is 1. The summed E-state index contributed by atoms with van der Waals surface area (Å²) in [6.45, 7) is 2.66. The lowest BCUT2D eigenvalue weighted by Gasteiger charge is -2.28. The Hall–Kier alpha value is -0.600. The molecule has 0 radical (unpaired) electrons. The Morgan fingerprint density at radius 1 is 1.14 bits per heavy atom. The van der Waals surface area contributed by atoms with E-state index in [1.807, 2.05) is 0 Å². The van der Waals surface area contributed by atoms with Crippen molar-refractivity contribution in [2.75, 3.05) is 5.75 Å². The molecule has 2 atom stereocenters. The van der Waals surface area contributed by atoms with Crippen molar-refractivity contribution in [2.24, 2.45) is 11.7 Å². The Balaban J connectivity index is 4.63. The molecule has 2 nitrogen and oxygen atoms in total. The summed E-state index contributed by atoms with van der Waals surface area (Å²) in [6.07, 6.45) is -10.6. The van der Waals surface area contributed by atoms with Crippen molar-refractivity contribution in [1.82, 2.24) is 0 Å². The average Bonchev–Trinajstić information content (AvgIpc) is 2.25. The molecule has 9 heteroatoms. The summed E-state index contributed by atoms with van der Waals surface area (Å²) in [4.78, 5) is 11.4. The summed E-state index contributed by atoms with van der Waals surface area (Å²) in [5.41, 5.74) is 5.14. The first kappa shape index (κ1) is 20.4. The smallest absolute Gasteiger partial charge is 0.368 e. The van der Waals surface area contributed by atoms with Crippen molar-refractivity contribution >= 4 is 17.7 Å². The number of thioether (sulfide) groups is 1. The number of halogens is 6. The van der Waals surface area contributed by atoms with Gasteiger partial charge in [-0.15, -0.1) is 11.8 Å². The number of hydrogen-bond acceptors (Lipinski definition) is 2. The van der Waals surface area contributed by atoms with Crippen LogP contribution in [0, 0.1) is 5.92 Å². The molecule has 21 heavy (non-hydrogen) atoms. The fourth-order valence-electron chi connectivity index (χ4n) is 1.71. The maximum Gasteiger partial charge on any atom is 0.391 e. The van der Waals surface area contributed by atoms with Crippen LogP contribution >= 0.6 is 11.8 Å². The van der Waals surface area contributed by atoms with E-state index in [0.29, 0.717) is 11.8 Å². The van der Waals surface area contributed by atoms with Crippen LogP contribution in [0.15, 0.2) is 0 Å². The monoisotopic (exact) mass is 339 g/mol. The Morgan fingerprint density at radius 2 is 1.67 bits per heavy atom. The first-order valence-electron chi connectivity index (χ1n) is 6.39. The Morgan fingerprint density at radius 3 is 2.00 bits per heavy atom. The van der Waals surface area contributed by atoms with Crippen LogP contribution in [0.2, 0.25) is 0 Å². The molecule has 2 unspecified atom stereocenters. The van der Waals surface area contributed by atoms with Gasteiger partial charge in [0.15, 0.2) is 0 Å². The van der Waals surface area contributed by atoms with Crippen molar-refractivity contribution in [3.8, 4) is 0 Å². The lowest BCUT2D eigenvalue weighted by atomic mass is 9.93. The van der Waals surface area contributed by atoms with Crippen LogP contribution in [-0.2, 0) is 4.79 Å². The number of hydrogen-bond donors (Lipinski definition) is 1. The Kier molecular flexibility index (Phi) is 7.38. The van der Waals surface area contributed by atoms with Gasteiger partial charge in [-0.3, -0.25) is 4.79 Å². The molecule has 0 rings (SSSR count). The zero-order valence-electron chi connectivity index (χ0n) is 11.8. The van der Waals surface area contributed by atoms with Crippen molar-refractivity contribution < 1.29 is 31.1 Å². The summed E-state index contributed by atoms with van der Waals surface area (Å²) < 4.78 is 72.7. The number of amides is 1. The zero-order chi connectivity index (χ0) is 16.9. The molecule has 0 aromatic rings. The highest BCUT2D eigenvalue weighted by molar-refractivity contribution is 8.01. The normalized spacial score (nSPS) is 17.3. The Bertz CT molecular complexity index is 344. The van der Waals surface area contributed by atoms with Crippen molar-refractivity contribution in [3.63, 3.8) is 0 Å². The largest absolute Gasteiger partial charge is 0.391 e. The van der Waals surface area contributed by atoms with E-state index in [0.717, 1.165) is 0 Å². The predicted octanol–water partition coefficient (Wildman–Crippen LogP) is 4.28. The fraction of sp³-hybridized carbons (Fsp3) is 0.917. The number of carbonyl (C=O) groups excluding carboxylic acids is 1. The topological polar surface area (TPSA) is 43.1 Å². The maximum absolute atomic E-state index is 12.6. The molecule has 126 valence electrons. The van der Waals surface area contributed by atoms with Crippen LogP contribution < -0.4 is 5.73 Å². The van der Waals surface area contributed by atoms with Crippen molar-refractivity contribution in [2.45, 2.75) is 56.6 Å². The molecule has 0 aromatic carbocycles. The van der Waals surface area contributed by atoms with Crippen LogP contribution in [-0.4, -0.2) is 28.8 Å². The first-order valence-corrected chi connectivity index (χ1v) is 7.37. The molecule has 0 fully saturated rings. The highest BCUT2D eigenvalue weighted by atomic mass is 32.2. The second-order valence-electron chi connectivity index (χ2n) is 4.99. The third-order valence-corrected chi connectivity index (χ3v) is 4.70. The van der Waals surface area contributed by atoms with Crippen LogP contribution in [0.1, 0.15) is 39.5 Å². The minimum absolute atomic E-state index is 0.147. The molecule has 0 aliphatic rings. The fourth-order valence-corrected chi connectivity index (χ4v) is 2.90. The molecule has 2 N–H and O–H groups in total. The summed E-state index contributed by atoms with van der Waals surface area (Å²) in [5.74, 6) is -2.89. The van der Waals surface area contributed by atoms with E-state index in [2.05, 4.69) is 0 Å². The van der Waals surface area contributed by atoms with Gasteiger partial charge in [0.2, 0.25) is 5.91 Å². The van der Waals surface area contributed by atoms with Crippen LogP contribution in [0.25, 0.3) is 0 Å². The van der Waals surface area contributed by atoms with Gasteiger partial charge >= 0.3 is 12.4 Å². The second-order valence-corrected chi connectivity index (χ2v) is 6.59. The van der Waals surface area contributed by atoms with Gasteiger partial charge in [-0.25, -0.2) is 0 Å². The van der Waals surface area contributed by atoms with Gasteiger partial charge in [-0.05, 0) is 26.2 Å². The third-order valence-electron chi connectivity index (χ3n) is 3.25. The molecular formula is C12H19F6NOS. The first-order chi connectivity index (χ1) is 9.32. The summed E-state index contributed by atoms with van der Waals surface area (Å²) >= 11 is 0.660. The van der Waals surface area contributed by atoms with Gasteiger partial charge in [-0.2, -0.15) is 26.3 Å². The minimum Gasteiger partial charge on any atom is -0.368 e. The van der Waals surface area contributed by atoms with Gasteiger partial charge in [0.25, 0.3) is 0 Å². The van der Waals surface area contributed by atoms with Gasteiger partial charge < -0.3 is 5.73 Å². The summed E-state index contributed by atoms with van der Waals surface area (Å²) in [7, 11) is 0. The molecule has 0 heterocycles. The van der Waals surface area contributed by atoms with Gasteiger partial charge in [0, 0.05) is 5.75 Å². The van der Waals surface area contributed by atoms with E-state index in [9.17, 15) is 31.1 Å². The molecule has 0 bridgehead atoms. The van der Waals surface area contributed by atoms with Crippen LogP contribution in [0.3, 0.4) is 0 Å². The molecule has 0 aliphatic carbocycles. The number of rotatable bonds is 8. The van der Waals surface area contributed by atoms with Gasteiger partial charge in [0.05, 0.1) is 17.1 Å². The predicted molar refractivity (Wildman–Crippen MR) is 69.8 cm³/mol. The number of primary amides is 1. The van der Waals surface area contributed by atoms with E-state index in [1.165, 1.54) is 13.8 Å². The number of alkyl halides is 6. The molecule has 0 aromatic heterocycles. The number of nitrogens with two attached hydrogens (primary N) is 1. The third kappa shape index (κ3) is 7.82. The van der Waals surface area contributed by atoms with E-state index < -0.39 is 41.1 Å². The van der Waals surface area contributed by atoms with Crippen LogP contribution in [0.5, 0.6) is 0 Å².